The molecule has 1 heterocycles. The van der Waals surface area contributed by atoms with Gasteiger partial charge in [-0.1, -0.05) is 0 Å². The third-order valence-electron chi connectivity index (χ3n) is 2.09. The van der Waals surface area contributed by atoms with Crippen molar-refractivity contribution >= 4 is 17.7 Å². The Bertz CT molecular complexity index is 388. The molecule has 0 atom stereocenters. The highest BCUT2D eigenvalue weighted by molar-refractivity contribution is 6.36. The summed E-state index contributed by atoms with van der Waals surface area (Å²) in [5.41, 5.74) is 0.289. The minimum atomic E-state index is -0.524. The van der Waals surface area contributed by atoms with Gasteiger partial charge in [0, 0.05) is 12.6 Å². The molecule has 17 heavy (non-hydrogen) atoms. The van der Waals surface area contributed by atoms with E-state index in [1.54, 1.807) is 20.8 Å². The first-order chi connectivity index (χ1) is 7.83. The molecule has 0 aromatic heterocycles. The van der Waals surface area contributed by atoms with Crippen LogP contribution < -0.4 is 0 Å². The number of aliphatic imine (C=N–C) groups is 1. The van der Waals surface area contributed by atoms with Gasteiger partial charge in [-0.25, -0.2) is 9.59 Å². The Balaban J connectivity index is 2.71. The normalized spacial score (nSPS) is 15.8. The molecule has 0 bridgehead atoms. The average molecular weight is 239 g/mol. The Morgan fingerprint density at radius 1 is 1.24 bits per heavy atom. The van der Waals surface area contributed by atoms with E-state index >= 15 is 0 Å². The summed E-state index contributed by atoms with van der Waals surface area (Å²) in [6.45, 7) is 5.41. The number of rotatable bonds is 2. The van der Waals surface area contributed by atoms with Crippen molar-refractivity contribution in [1.29, 1.82) is 0 Å². The molecule has 1 aliphatic rings. The first kappa shape index (κ1) is 13.4. The van der Waals surface area contributed by atoms with Crippen LogP contribution in [0.3, 0.4) is 0 Å². The van der Waals surface area contributed by atoms with Crippen LogP contribution >= 0.6 is 0 Å². The quantitative estimate of drug-likeness (QED) is 0.687. The predicted molar refractivity (Wildman–Crippen MR) is 62.6 cm³/mol. The van der Waals surface area contributed by atoms with Gasteiger partial charge in [0.1, 0.15) is 11.3 Å². The summed E-state index contributed by atoms with van der Waals surface area (Å²) in [6, 6.07) is 0. The van der Waals surface area contributed by atoms with Crippen molar-refractivity contribution in [2.75, 3.05) is 7.11 Å². The van der Waals surface area contributed by atoms with Gasteiger partial charge in [-0.2, -0.15) is 0 Å². The molecule has 0 spiro atoms. The van der Waals surface area contributed by atoms with Crippen molar-refractivity contribution in [2.45, 2.75) is 39.2 Å². The maximum atomic E-state index is 11.7. The van der Waals surface area contributed by atoms with E-state index in [0.29, 0.717) is 24.1 Å². The third kappa shape index (κ3) is 4.01. The molecule has 0 aromatic rings. The summed E-state index contributed by atoms with van der Waals surface area (Å²) >= 11 is 0. The summed E-state index contributed by atoms with van der Waals surface area (Å²) in [6.07, 6.45) is 2.23. The summed E-state index contributed by atoms with van der Waals surface area (Å²) in [7, 11) is 1.30. The highest BCUT2D eigenvalue weighted by Gasteiger charge is 2.23. The van der Waals surface area contributed by atoms with Gasteiger partial charge in [0.2, 0.25) is 0 Å². The van der Waals surface area contributed by atoms with Crippen LogP contribution in [0.1, 0.15) is 33.6 Å². The Morgan fingerprint density at radius 2 is 1.88 bits per heavy atom. The lowest BCUT2D eigenvalue weighted by Crippen LogP contribution is -2.26. The van der Waals surface area contributed by atoms with Crippen LogP contribution in [0.4, 0.5) is 0 Å². The number of hydrogen-bond donors (Lipinski definition) is 0. The molecule has 1 rings (SSSR count). The predicted octanol–water partition coefficient (Wildman–Crippen LogP) is 1.62. The van der Waals surface area contributed by atoms with Crippen molar-refractivity contribution in [1.82, 2.24) is 0 Å². The minimum Gasteiger partial charge on any atom is -0.465 e. The van der Waals surface area contributed by atoms with E-state index < -0.39 is 11.6 Å². The van der Waals surface area contributed by atoms with Crippen molar-refractivity contribution in [2.24, 2.45) is 4.99 Å². The zero-order chi connectivity index (χ0) is 13.1. The van der Waals surface area contributed by atoms with Gasteiger partial charge in [-0.3, -0.25) is 4.99 Å². The monoisotopic (exact) mass is 239 g/mol. The second-order valence-electron chi connectivity index (χ2n) is 4.72. The molecule has 5 nitrogen and oxygen atoms in total. The van der Waals surface area contributed by atoms with E-state index in [-0.39, 0.29) is 5.97 Å². The maximum absolute atomic E-state index is 11.7. The number of hydrogen-bond acceptors (Lipinski definition) is 5. The molecule has 0 amide bonds. The van der Waals surface area contributed by atoms with Crippen LogP contribution in [0.25, 0.3) is 0 Å². The van der Waals surface area contributed by atoms with Gasteiger partial charge in [0.15, 0.2) is 0 Å². The number of carbonyl (C=O) groups excluding carboxylic acids is 2. The van der Waals surface area contributed by atoms with E-state index in [4.69, 9.17) is 4.74 Å². The first-order valence-corrected chi connectivity index (χ1v) is 5.41. The number of methoxy groups -OCH3 is 1. The largest absolute Gasteiger partial charge is 0.465 e. The Morgan fingerprint density at radius 3 is 2.29 bits per heavy atom. The fourth-order valence-electron chi connectivity index (χ4n) is 1.31. The molecular weight excluding hydrogens is 222 g/mol. The highest BCUT2D eigenvalue weighted by atomic mass is 16.6. The van der Waals surface area contributed by atoms with Gasteiger partial charge < -0.3 is 9.47 Å². The van der Waals surface area contributed by atoms with E-state index in [1.807, 2.05) is 0 Å². The summed E-state index contributed by atoms with van der Waals surface area (Å²) in [4.78, 5) is 26.8. The van der Waals surface area contributed by atoms with Crippen molar-refractivity contribution in [3.8, 4) is 0 Å². The van der Waals surface area contributed by atoms with E-state index in [9.17, 15) is 9.59 Å². The molecule has 0 saturated carbocycles. The SMILES string of the molecule is COC(=O)C1=NC=C(C(=O)OC(C)(C)C)CC1. The molecule has 94 valence electrons. The molecule has 0 unspecified atom stereocenters. The maximum Gasteiger partial charge on any atom is 0.352 e. The van der Waals surface area contributed by atoms with Crippen LogP contribution in [0, 0.1) is 0 Å². The zero-order valence-electron chi connectivity index (χ0n) is 10.6. The molecular formula is C12H17NO4. The van der Waals surface area contributed by atoms with E-state index in [2.05, 4.69) is 9.73 Å². The van der Waals surface area contributed by atoms with Crippen LogP contribution in [0.5, 0.6) is 0 Å². The molecule has 1 aliphatic heterocycles. The molecule has 0 fully saturated rings. The smallest absolute Gasteiger partial charge is 0.352 e. The fourth-order valence-corrected chi connectivity index (χ4v) is 1.31. The van der Waals surface area contributed by atoms with Crippen LogP contribution in [0.2, 0.25) is 0 Å². The molecule has 0 aliphatic carbocycles. The Labute approximate surface area is 101 Å². The van der Waals surface area contributed by atoms with Gasteiger partial charge in [-0.05, 0) is 27.2 Å². The van der Waals surface area contributed by atoms with Gasteiger partial charge in [0.25, 0.3) is 0 Å². The summed E-state index contributed by atoms with van der Waals surface area (Å²) in [5.74, 6) is -0.838. The van der Waals surface area contributed by atoms with Crippen molar-refractivity contribution in [3.05, 3.63) is 11.8 Å². The van der Waals surface area contributed by atoms with E-state index in [0.717, 1.165) is 0 Å². The Hall–Kier alpha value is -1.65. The number of nitrogens with zero attached hydrogens (tertiary/aromatic N) is 1. The van der Waals surface area contributed by atoms with E-state index in [1.165, 1.54) is 13.3 Å². The molecule has 0 aromatic carbocycles. The van der Waals surface area contributed by atoms with Crippen molar-refractivity contribution in [3.63, 3.8) is 0 Å². The van der Waals surface area contributed by atoms with Crippen LogP contribution in [-0.2, 0) is 19.1 Å². The summed E-state index contributed by atoms with van der Waals surface area (Å²) in [5, 5.41) is 0. The molecule has 0 N–H and O–H groups in total. The second kappa shape index (κ2) is 5.12. The number of ether oxygens (including phenoxy) is 2. The molecule has 0 radical (unpaired) electrons. The molecule has 0 saturated heterocycles. The second-order valence-corrected chi connectivity index (χ2v) is 4.72. The first-order valence-electron chi connectivity index (χ1n) is 5.41. The topological polar surface area (TPSA) is 65.0 Å². The van der Waals surface area contributed by atoms with Crippen molar-refractivity contribution < 1.29 is 19.1 Å². The Kier molecular flexibility index (Phi) is 4.04. The van der Waals surface area contributed by atoms with Crippen LogP contribution in [0.15, 0.2) is 16.8 Å². The van der Waals surface area contributed by atoms with Gasteiger partial charge in [0.05, 0.1) is 12.7 Å². The lowest BCUT2D eigenvalue weighted by atomic mass is 10.1. The minimum absolute atomic E-state index is 0.333. The van der Waals surface area contributed by atoms with Gasteiger partial charge >= 0.3 is 11.9 Å². The third-order valence-corrected chi connectivity index (χ3v) is 2.09. The number of carbonyl (C=O) groups is 2. The zero-order valence-corrected chi connectivity index (χ0v) is 10.6. The molecule has 5 heteroatoms. The average Bonchev–Trinajstić information content (AvgIpc) is 2.26. The number of esters is 2. The highest BCUT2D eigenvalue weighted by Crippen LogP contribution is 2.18. The fraction of sp³-hybridized carbons (Fsp3) is 0.583. The lowest BCUT2D eigenvalue weighted by Gasteiger charge is -2.21. The van der Waals surface area contributed by atoms with Gasteiger partial charge in [-0.15, -0.1) is 0 Å². The summed E-state index contributed by atoms with van der Waals surface area (Å²) < 4.78 is 9.76. The lowest BCUT2D eigenvalue weighted by molar-refractivity contribution is -0.150. The standard InChI is InChI=1S/C12H17NO4/c1-12(2,3)17-10(14)8-5-6-9(13-7-8)11(15)16-4/h7H,5-6H2,1-4H3. The van der Waals surface area contributed by atoms with Crippen LogP contribution in [-0.4, -0.2) is 30.4 Å².